The fraction of sp³-hybridized carbons (Fsp3) is 0.889. The first-order valence-corrected chi connectivity index (χ1v) is 4.51. The van der Waals surface area contributed by atoms with Crippen molar-refractivity contribution in [3.63, 3.8) is 0 Å². The van der Waals surface area contributed by atoms with Crippen molar-refractivity contribution in [2.75, 3.05) is 13.1 Å². The van der Waals surface area contributed by atoms with Gasteiger partial charge in [-0.2, -0.15) is 0 Å². The zero-order valence-corrected chi connectivity index (χ0v) is 7.89. The van der Waals surface area contributed by atoms with Gasteiger partial charge in [0.05, 0.1) is 0 Å². The van der Waals surface area contributed by atoms with Crippen LogP contribution in [0.5, 0.6) is 0 Å². The lowest BCUT2D eigenvalue weighted by Crippen LogP contribution is -2.44. The second-order valence-corrected chi connectivity index (χ2v) is 4.32. The highest BCUT2D eigenvalue weighted by atomic mass is 16.1. The quantitative estimate of drug-likeness (QED) is 0.634. The number of carbonyl (C=O) groups excluding carboxylic acids is 1. The van der Waals surface area contributed by atoms with E-state index in [0.29, 0.717) is 12.3 Å². The number of hydrogen-bond acceptors (Lipinski definition) is 2. The van der Waals surface area contributed by atoms with Crippen molar-refractivity contribution < 1.29 is 4.79 Å². The Labute approximate surface area is 73.7 Å². The molecular formula is C9H18N2O. The average Bonchev–Trinajstić information content (AvgIpc) is 1.92. The number of hydrogen-bond donors (Lipinski definition) is 2. The summed E-state index contributed by atoms with van der Waals surface area (Å²) in [5, 5.41) is 3.33. The van der Waals surface area contributed by atoms with E-state index in [-0.39, 0.29) is 11.3 Å². The van der Waals surface area contributed by atoms with E-state index in [1.54, 1.807) is 0 Å². The van der Waals surface area contributed by atoms with Crippen LogP contribution >= 0.6 is 0 Å². The molecule has 0 spiro atoms. The SMILES string of the molecule is CC1(C)CNCC[C@@H]1CC(N)=O. The number of primary amides is 1. The number of carbonyl (C=O) groups is 1. The minimum Gasteiger partial charge on any atom is -0.370 e. The molecule has 0 unspecified atom stereocenters. The summed E-state index contributed by atoms with van der Waals surface area (Å²) in [5.74, 6) is 0.284. The molecule has 0 aromatic rings. The topological polar surface area (TPSA) is 55.1 Å². The molecule has 1 aliphatic rings. The maximum atomic E-state index is 10.8. The van der Waals surface area contributed by atoms with E-state index >= 15 is 0 Å². The lowest BCUT2D eigenvalue weighted by atomic mass is 9.73. The Kier molecular flexibility index (Phi) is 2.73. The molecule has 1 amide bonds. The summed E-state index contributed by atoms with van der Waals surface area (Å²) in [6, 6.07) is 0. The summed E-state index contributed by atoms with van der Waals surface area (Å²) in [5.41, 5.74) is 5.40. The first-order valence-electron chi connectivity index (χ1n) is 4.51. The van der Waals surface area contributed by atoms with E-state index in [1.807, 2.05) is 0 Å². The van der Waals surface area contributed by atoms with Gasteiger partial charge in [-0.3, -0.25) is 4.79 Å². The molecule has 1 heterocycles. The predicted octanol–water partition coefficient (Wildman–Crippen LogP) is 0.497. The maximum absolute atomic E-state index is 10.8. The smallest absolute Gasteiger partial charge is 0.217 e. The van der Waals surface area contributed by atoms with Crippen molar-refractivity contribution in [2.24, 2.45) is 17.1 Å². The van der Waals surface area contributed by atoms with Crippen LogP contribution in [-0.4, -0.2) is 19.0 Å². The van der Waals surface area contributed by atoms with E-state index in [0.717, 1.165) is 19.5 Å². The number of nitrogens with two attached hydrogens (primary N) is 1. The molecule has 3 heteroatoms. The highest BCUT2D eigenvalue weighted by Gasteiger charge is 2.32. The minimum absolute atomic E-state index is 0.171. The first kappa shape index (κ1) is 9.52. The van der Waals surface area contributed by atoms with Gasteiger partial charge in [-0.15, -0.1) is 0 Å². The zero-order valence-electron chi connectivity index (χ0n) is 7.89. The summed E-state index contributed by atoms with van der Waals surface area (Å²) in [7, 11) is 0. The summed E-state index contributed by atoms with van der Waals surface area (Å²) < 4.78 is 0. The van der Waals surface area contributed by atoms with Crippen molar-refractivity contribution in [3.8, 4) is 0 Å². The maximum Gasteiger partial charge on any atom is 0.217 e. The van der Waals surface area contributed by atoms with Crippen LogP contribution in [0.1, 0.15) is 26.7 Å². The summed E-state index contributed by atoms with van der Waals surface area (Å²) in [4.78, 5) is 10.8. The zero-order chi connectivity index (χ0) is 9.19. The molecule has 1 aliphatic heterocycles. The van der Waals surface area contributed by atoms with Gasteiger partial charge >= 0.3 is 0 Å². The number of rotatable bonds is 2. The monoisotopic (exact) mass is 170 g/mol. The van der Waals surface area contributed by atoms with Gasteiger partial charge in [-0.05, 0) is 24.3 Å². The lowest BCUT2D eigenvalue weighted by Gasteiger charge is -2.38. The molecule has 0 bridgehead atoms. The van der Waals surface area contributed by atoms with Crippen LogP contribution in [0.15, 0.2) is 0 Å². The molecule has 0 aromatic carbocycles. The van der Waals surface area contributed by atoms with Crippen molar-refractivity contribution in [3.05, 3.63) is 0 Å². The molecule has 0 radical (unpaired) electrons. The molecule has 1 rings (SSSR count). The van der Waals surface area contributed by atoms with E-state index in [2.05, 4.69) is 19.2 Å². The predicted molar refractivity (Wildman–Crippen MR) is 48.6 cm³/mol. The van der Waals surface area contributed by atoms with Crippen LogP contribution in [0.3, 0.4) is 0 Å². The fourth-order valence-electron chi connectivity index (χ4n) is 1.84. The lowest BCUT2D eigenvalue weighted by molar-refractivity contribution is -0.120. The van der Waals surface area contributed by atoms with Gasteiger partial charge in [-0.1, -0.05) is 13.8 Å². The van der Waals surface area contributed by atoms with Crippen LogP contribution < -0.4 is 11.1 Å². The van der Waals surface area contributed by atoms with Gasteiger partial charge in [0.1, 0.15) is 0 Å². The second-order valence-electron chi connectivity index (χ2n) is 4.32. The standard InChI is InChI=1S/C9H18N2O/c1-9(2)6-11-4-3-7(9)5-8(10)12/h7,11H,3-6H2,1-2H3,(H2,10,12)/t7-/m1/s1. The normalized spacial score (nSPS) is 28.3. The number of nitrogens with one attached hydrogen (secondary N) is 1. The molecule has 3 N–H and O–H groups in total. The Morgan fingerprint density at radius 3 is 2.83 bits per heavy atom. The largest absolute Gasteiger partial charge is 0.370 e. The Bertz CT molecular complexity index is 177. The van der Waals surface area contributed by atoms with Crippen molar-refractivity contribution in [1.82, 2.24) is 5.32 Å². The third kappa shape index (κ3) is 2.21. The van der Waals surface area contributed by atoms with Crippen LogP contribution in [0.25, 0.3) is 0 Å². The second kappa shape index (κ2) is 3.44. The third-order valence-electron chi connectivity index (χ3n) is 2.80. The summed E-state index contributed by atoms with van der Waals surface area (Å²) in [6.45, 7) is 6.38. The number of amides is 1. The van der Waals surface area contributed by atoms with Crippen LogP contribution in [-0.2, 0) is 4.79 Å². The van der Waals surface area contributed by atoms with Gasteiger partial charge in [0.2, 0.25) is 5.91 Å². The molecule has 70 valence electrons. The molecular weight excluding hydrogens is 152 g/mol. The molecule has 1 fully saturated rings. The number of piperidine rings is 1. The van der Waals surface area contributed by atoms with Crippen molar-refractivity contribution >= 4 is 5.91 Å². The Hall–Kier alpha value is -0.570. The van der Waals surface area contributed by atoms with E-state index in [4.69, 9.17) is 5.73 Å². The van der Waals surface area contributed by atoms with Gasteiger partial charge in [0.15, 0.2) is 0 Å². The Morgan fingerprint density at radius 1 is 1.67 bits per heavy atom. The highest BCUT2D eigenvalue weighted by Crippen LogP contribution is 2.33. The minimum atomic E-state index is -0.171. The van der Waals surface area contributed by atoms with E-state index in [9.17, 15) is 4.79 Å². The van der Waals surface area contributed by atoms with E-state index in [1.165, 1.54) is 0 Å². The van der Waals surface area contributed by atoms with Crippen LogP contribution in [0.2, 0.25) is 0 Å². The van der Waals surface area contributed by atoms with Gasteiger partial charge in [-0.25, -0.2) is 0 Å². The van der Waals surface area contributed by atoms with Gasteiger partial charge in [0, 0.05) is 13.0 Å². The van der Waals surface area contributed by atoms with Gasteiger partial charge < -0.3 is 11.1 Å². The third-order valence-corrected chi connectivity index (χ3v) is 2.80. The van der Waals surface area contributed by atoms with Crippen LogP contribution in [0.4, 0.5) is 0 Å². The molecule has 1 saturated heterocycles. The Balaban J connectivity index is 2.54. The molecule has 12 heavy (non-hydrogen) atoms. The van der Waals surface area contributed by atoms with Gasteiger partial charge in [0.25, 0.3) is 0 Å². The average molecular weight is 170 g/mol. The van der Waals surface area contributed by atoms with Crippen molar-refractivity contribution in [2.45, 2.75) is 26.7 Å². The molecule has 0 saturated carbocycles. The molecule has 3 nitrogen and oxygen atoms in total. The summed E-state index contributed by atoms with van der Waals surface area (Å²) >= 11 is 0. The molecule has 0 aliphatic carbocycles. The summed E-state index contributed by atoms with van der Waals surface area (Å²) in [6.07, 6.45) is 1.60. The highest BCUT2D eigenvalue weighted by molar-refractivity contribution is 5.74. The molecule has 1 atom stereocenters. The first-order chi connectivity index (χ1) is 5.52. The fourth-order valence-corrected chi connectivity index (χ4v) is 1.84. The van der Waals surface area contributed by atoms with Crippen molar-refractivity contribution in [1.29, 1.82) is 0 Å². The van der Waals surface area contributed by atoms with E-state index < -0.39 is 0 Å². The Morgan fingerprint density at radius 2 is 2.33 bits per heavy atom. The molecule has 0 aromatic heterocycles. The van der Waals surface area contributed by atoms with Crippen LogP contribution in [0, 0.1) is 11.3 Å².